The highest BCUT2D eigenvalue weighted by atomic mass is 32.1. The standard InChI is InChI=1S/C14H20N2O4S/c1-13(2,3)20-12(18)14(5-4-7-19-14)11(17)16-9-10-15-6-8-21-10/h6,8H,4-5,7,9H2,1-3H3,(H,16,17). The number of hydrogen-bond donors (Lipinski definition) is 1. The van der Waals surface area contributed by atoms with Gasteiger partial charge >= 0.3 is 5.97 Å². The van der Waals surface area contributed by atoms with E-state index in [1.54, 1.807) is 27.0 Å². The van der Waals surface area contributed by atoms with Gasteiger partial charge in [0.25, 0.3) is 5.91 Å². The molecule has 1 fully saturated rings. The Labute approximate surface area is 127 Å². The van der Waals surface area contributed by atoms with E-state index in [2.05, 4.69) is 10.3 Å². The van der Waals surface area contributed by atoms with Crippen LogP contribution < -0.4 is 5.32 Å². The van der Waals surface area contributed by atoms with Crippen LogP contribution in [0.2, 0.25) is 0 Å². The third-order valence-electron chi connectivity index (χ3n) is 3.00. The molecule has 2 heterocycles. The summed E-state index contributed by atoms with van der Waals surface area (Å²) < 4.78 is 10.8. The Bertz CT molecular complexity index is 502. The van der Waals surface area contributed by atoms with E-state index >= 15 is 0 Å². The number of rotatable bonds is 4. The second-order valence-electron chi connectivity index (χ2n) is 5.89. The van der Waals surface area contributed by atoms with E-state index in [4.69, 9.17) is 9.47 Å². The maximum Gasteiger partial charge on any atom is 0.348 e. The normalized spacial score (nSPS) is 22.0. The molecule has 1 aromatic heterocycles. The topological polar surface area (TPSA) is 77.5 Å². The molecule has 1 aliphatic rings. The van der Waals surface area contributed by atoms with E-state index in [1.807, 2.05) is 5.38 Å². The lowest BCUT2D eigenvalue weighted by Crippen LogP contribution is -2.54. The predicted octanol–water partition coefficient (Wildman–Crippen LogP) is 1.65. The Morgan fingerprint density at radius 3 is 2.81 bits per heavy atom. The second kappa shape index (κ2) is 6.11. The van der Waals surface area contributed by atoms with E-state index in [1.165, 1.54) is 11.3 Å². The second-order valence-corrected chi connectivity index (χ2v) is 6.87. The highest BCUT2D eigenvalue weighted by Gasteiger charge is 2.52. The molecule has 1 N–H and O–H groups in total. The van der Waals surface area contributed by atoms with Crippen molar-refractivity contribution >= 4 is 23.2 Å². The van der Waals surface area contributed by atoms with Crippen LogP contribution in [0.25, 0.3) is 0 Å². The Morgan fingerprint density at radius 2 is 2.29 bits per heavy atom. The fourth-order valence-corrected chi connectivity index (χ4v) is 2.63. The van der Waals surface area contributed by atoms with Crippen molar-refractivity contribution in [2.24, 2.45) is 0 Å². The minimum atomic E-state index is -1.52. The van der Waals surface area contributed by atoms with Crippen LogP contribution in [0.1, 0.15) is 38.6 Å². The quantitative estimate of drug-likeness (QED) is 0.675. The average molecular weight is 312 g/mol. The van der Waals surface area contributed by atoms with Crippen molar-refractivity contribution in [3.63, 3.8) is 0 Å². The molecule has 1 atom stereocenters. The minimum Gasteiger partial charge on any atom is -0.457 e. The maximum atomic E-state index is 12.4. The molecule has 6 nitrogen and oxygen atoms in total. The zero-order valence-electron chi connectivity index (χ0n) is 12.5. The van der Waals surface area contributed by atoms with Crippen molar-refractivity contribution in [2.75, 3.05) is 6.61 Å². The van der Waals surface area contributed by atoms with Crippen LogP contribution in [-0.2, 0) is 25.6 Å². The molecule has 0 radical (unpaired) electrons. The summed E-state index contributed by atoms with van der Waals surface area (Å²) in [6.07, 6.45) is 2.66. The summed E-state index contributed by atoms with van der Waals surface area (Å²) in [7, 11) is 0. The molecule has 0 aliphatic carbocycles. The van der Waals surface area contributed by atoms with Crippen LogP contribution in [0.15, 0.2) is 11.6 Å². The summed E-state index contributed by atoms with van der Waals surface area (Å²) in [5.41, 5.74) is -2.18. The van der Waals surface area contributed by atoms with E-state index in [-0.39, 0.29) is 6.54 Å². The fraction of sp³-hybridized carbons (Fsp3) is 0.643. The summed E-state index contributed by atoms with van der Waals surface area (Å²) in [4.78, 5) is 28.9. The molecular formula is C14H20N2O4S. The molecular weight excluding hydrogens is 292 g/mol. The Hall–Kier alpha value is -1.47. The Balaban J connectivity index is 2.06. The molecule has 1 unspecified atom stereocenters. The number of nitrogens with one attached hydrogen (secondary N) is 1. The minimum absolute atomic E-state index is 0.282. The average Bonchev–Trinajstić information content (AvgIpc) is 3.06. The number of thiazole rings is 1. The van der Waals surface area contributed by atoms with Crippen LogP contribution in [0.3, 0.4) is 0 Å². The van der Waals surface area contributed by atoms with E-state index in [0.29, 0.717) is 19.4 Å². The third kappa shape index (κ3) is 3.79. The molecule has 0 saturated carbocycles. The molecule has 2 rings (SSSR count). The summed E-state index contributed by atoms with van der Waals surface area (Å²) in [6, 6.07) is 0. The number of amides is 1. The van der Waals surface area contributed by atoms with Gasteiger partial charge in [-0.15, -0.1) is 11.3 Å². The lowest BCUT2D eigenvalue weighted by molar-refractivity contribution is -0.182. The molecule has 1 saturated heterocycles. The van der Waals surface area contributed by atoms with Crippen molar-refractivity contribution in [3.05, 3.63) is 16.6 Å². The number of aromatic nitrogens is 1. The van der Waals surface area contributed by atoms with Gasteiger partial charge in [-0.1, -0.05) is 0 Å². The van der Waals surface area contributed by atoms with Crippen molar-refractivity contribution in [3.8, 4) is 0 Å². The first-order valence-electron chi connectivity index (χ1n) is 6.87. The van der Waals surface area contributed by atoms with Gasteiger partial charge in [0.05, 0.1) is 6.54 Å². The lowest BCUT2D eigenvalue weighted by atomic mass is 9.98. The van der Waals surface area contributed by atoms with Gasteiger partial charge in [-0.05, 0) is 33.6 Å². The number of carbonyl (C=O) groups excluding carboxylic acids is 2. The largest absolute Gasteiger partial charge is 0.457 e. The zero-order chi connectivity index (χ0) is 15.5. The first kappa shape index (κ1) is 15.9. The zero-order valence-corrected chi connectivity index (χ0v) is 13.3. The monoisotopic (exact) mass is 312 g/mol. The summed E-state index contributed by atoms with van der Waals surface area (Å²) >= 11 is 1.44. The molecule has 0 bridgehead atoms. The summed E-state index contributed by atoms with van der Waals surface area (Å²) in [5.74, 6) is -1.08. The van der Waals surface area contributed by atoms with Gasteiger partial charge in [0.15, 0.2) is 0 Å². The molecule has 0 spiro atoms. The Morgan fingerprint density at radius 1 is 1.52 bits per heavy atom. The van der Waals surface area contributed by atoms with Crippen molar-refractivity contribution in [2.45, 2.75) is 51.4 Å². The van der Waals surface area contributed by atoms with Gasteiger partial charge in [0.1, 0.15) is 10.6 Å². The molecule has 0 aromatic carbocycles. The number of ether oxygens (including phenoxy) is 2. The number of esters is 1. The van der Waals surface area contributed by atoms with Crippen LogP contribution in [0.4, 0.5) is 0 Å². The summed E-state index contributed by atoms with van der Waals surface area (Å²) in [6.45, 7) is 5.96. The van der Waals surface area contributed by atoms with Crippen molar-refractivity contribution < 1.29 is 19.1 Å². The number of hydrogen-bond acceptors (Lipinski definition) is 6. The third-order valence-corrected chi connectivity index (χ3v) is 3.78. The highest BCUT2D eigenvalue weighted by molar-refractivity contribution is 7.09. The molecule has 116 valence electrons. The van der Waals surface area contributed by atoms with Gasteiger partial charge in [-0.25, -0.2) is 9.78 Å². The van der Waals surface area contributed by atoms with Gasteiger partial charge in [0, 0.05) is 18.2 Å². The molecule has 1 aromatic rings. The van der Waals surface area contributed by atoms with Crippen molar-refractivity contribution in [1.29, 1.82) is 0 Å². The first-order valence-corrected chi connectivity index (χ1v) is 7.75. The summed E-state index contributed by atoms with van der Waals surface area (Å²) in [5, 5.41) is 5.33. The molecule has 21 heavy (non-hydrogen) atoms. The molecule has 7 heteroatoms. The Kier molecular flexibility index (Phi) is 4.63. The molecule has 1 aliphatic heterocycles. The van der Waals surface area contributed by atoms with Crippen LogP contribution in [0.5, 0.6) is 0 Å². The smallest absolute Gasteiger partial charge is 0.348 e. The highest BCUT2D eigenvalue weighted by Crippen LogP contribution is 2.29. The maximum absolute atomic E-state index is 12.4. The number of carbonyl (C=O) groups is 2. The van der Waals surface area contributed by atoms with Crippen LogP contribution in [0, 0.1) is 0 Å². The SMILES string of the molecule is CC(C)(C)OC(=O)C1(C(=O)NCc2nccs2)CCCO1. The van der Waals surface area contributed by atoms with Gasteiger partial charge in [0.2, 0.25) is 5.60 Å². The van der Waals surface area contributed by atoms with E-state index in [0.717, 1.165) is 5.01 Å². The first-order chi connectivity index (χ1) is 9.83. The van der Waals surface area contributed by atoms with Crippen LogP contribution in [-0.4, -0.2) is 34.7 Å². The fourth-order valence-electron chi connectivity index (χ4n) is 2.07. The molecule has 1 amide bonds. The van der Waals surface area contributed by atoms with E-state index in [9.17, 15) is 9.59 Å². The number of nitrogens with zero attached hydrogens (tertiary/aromatic N) is 1. The van der Waals surface area contributed by atoms with E-state index < -0.39 is 23.1 Å². The lowest BCUT2D eigenvalue weighted by Gasteiger charge is -2.29. The van der Waals surface area contributed by atoms with Gasteiger partial charge in [-0.3, -0.25) is 4.79 Å². The van der Waals surface area contributed by atoms with Gasteiger partial charge < -0.3 is 14.8 Å². The van der Waals surface area contributed by atoms with Crippen molar-refractivity contribution in [1.82, 2.24) is 10.3 Å². The van der Waals surface area contributed by atoms with Crippen LogP contribution >= 0.6 is 11.3 Å². The predicted molar refractivity (Wildman–Crippen MR) is 77.7 cm³/mol. The van der Waals surface area contributed by atoms with Gasteiger partial charge in [-0.2, -0.15) is 0 Å².